The zero-order valence-electron chi connectivity index (χ0n) is 6.27. The smallest absolute Gasteiger partial charge is 0.0360 e. The monoisotopic (exact) mass is 124 g/mol. The molecule has 0 nitrogen and oxygen atoms in total. The van der Waals surface area contributed by atoms with Gasteiger partial charge in [-0.15, -0.1) is 0 Å². The summed E-state index contributed by atoms with van der Waals surface area (Å²) in [6.45, 7) is 2.44. The summed E-state index contributed by atoms with van der Waals surface area (Å²) in [7, 11) is 0. The predicted molar refractivity (Wildman–Crippen MR) is 39.2 cm³/mol. The minimum Gasteiger partial charge on any atom is -0.0622 e. The first-order valence-corrected chi connectivity index (χ1v) is 4.38. The Kier molecular flexibility index (Phi) is 1.28. The van der Waals surface area contributed by atoms with Crippen LogP contribution in [0.4, 0.5) is 0 Å². The van der Waals surface area contributed by atoms with E-state index in [0.29, 0.717) is 0 Å². The quantitative estimate of drug-likeness (QED) is 0.466. The number of fused-ring (bicyclic) bond motifs is 1. The van der Waals surface area contributed by atoms with Gasteiger partial charge in [0.25, 0.3) is 0 Å². The first-order valence-electron chi connectivity index (χ1n) is 4.38. The summed E-state index contributed by atoms with van der Waals surface area (Å²) in [4.78, 5) is 0. The normalized spacial score (nSPS) is 49.7. The van der Waals surface area contributed by atoms with Crippen molar-refractivity contribution in [1.29, 1.82) is 0 Å². The molecule has 0 aromatic rings. The van der Waals surface area contributed by atoms with Crippen LogP contribution in [0.5, 0.6) is 0 Å². The Morgan fingerprint density at radius 1 is 1.00 bits per heavy atom. The summed E-state index contributed by atoms with van der Waals surface area (Å²) in [5, 5.41) is 0. The van der Waals surface area contributed by atoms with Gasteiger partial charge in [0.1, 0.15) is 0 Å². The molecule has 2 aliphatic carbocycles. The van der Waals surface area contributed by atoms with Crippen molar-refractivity contribution >= 4 is 0 Å². The van der Waals surface area contributed by atoms with E-state index in [1.165, 1.54) is 12.8 Å². The molecule has 0 N–H and O–H groups in total. The summed E-state index contributed by atoms with van der Waals surface area (Å²) in [6, 6.07) is 0. The molecule has 0 bridgehead atoms. The third-order valence-corrected chi connectivity index (χ3v) is 3.44. The molecular weight excluding hydrogens is 108 g/mol. The fourth-order valence-electron chi connectivity index (χ4n) is 2.86. The van der Waals surface area contributed by atoms with Crippen molar-refractivity contribution in [2.24, 2.45) is 17.8 Å². The second-order valence-corrected chi connectivity index (χ2v) is 3.91. The summed E-state index contributed by atoms with van der Waals surface area (Å²) in [5.41, 5.74) is 0. The number of rotatable bonds is 0. The van der Waals surface area contributed by atoms with Crippen molar-refractivity contribution in [3.63, 3.8) is 0 Å². The van der Waals surface area contributed by atoms with Gasteiger partial charge in [0, 0.05) is 0 Å². The average molecular weight is 124 g/mol. The molecule has 2 saturated carbocycles. The number of hydrogen-bond donors (Lipinski definition) is 0. The zero-order chi connectivity index (χ0) is 6.27. The molecule has 9 heavy (non-hydrogen) atoms. The fraction of sp³-hybridized carbons (Fsp3) is 1.00. The Balaban J connectivity index is 2.07. The average Bonchev–Trinajstić information content (AvgIpc) is 2.35. The van der Waals surface area contributed by atoms with E-state index in [-0.39, 0.29) is 0 Å². The third-order valence-electron chi connectivity index (χ3n) is 3.44. The molecule has 0 unspecified atom stereocenters. The molecule has 0 spiro atoms. The molecule has 2 fully saturated rings. The molecule has 0 radical (unpaired) electrons. The molecule has 0 heterocycles. The predicted octanol–water partition coefficient (Wildman–Crippen LogP) is 2.83. The minimum absolute atomic E-state index is 1.07. The molecule has 0 aliphatic heterocycles. The first-order chi connectivity index (χ1) is 4.38. The Labute approximate surface area is 57.6 Å². The molecule has 2 rings (SSSR count). The molecular formula is C9H16. The van der Waals surface area contributed by atoms with E-state index < -0.39 is 0 Å². The van der Waals surface area contributed by atoms with Crippen molar-refractivity contribution in [1.82, 2.24) is 0 Å². The molecule has 0 heteroatoms. The van der Waals surface area contributed by atoms with Crippen LogP contribution in [0.25, 0.3) is 0 Å². The van der Waals surface area contributed by atoms with Gasteiger partial charge in [-0.3, -0.25) is 0 Å². The van der Waals surface area contributed by atoms with Crippen LogP contribution >= 0.6 is 0 Å². The Hall–Kier alpha value is 0. The van der Waals surface area contributed by atoms with Crippen LogP contribution in [0.2, 0.25) is 0 Å². The minimum atomic E-state index is 1.07. The highest BCUT2D eigenvalue weighted by Gasteiger charge is 2.36. The molecule has 3 atom stereocenters. The van der Waals surface area contributed by atoms with Crippen LogP contribution in [-0.2, 0) is 0 Å². The van der Waals surface area contributed by atoms with E-state index in [2.05, 4.69) is 6.92 Å². The van der Waals surface area contributed by atoms with Gasteiger partial charge < -0.3 is 0 Å². The van der Waals surface area contributed by atoms with E-state index in [4.69, 9.17) is 0 Å². The Morgan fingerprint density at radius 2 is 1.89 bits per heavy atom. The zero-order valence-corrected chi connectivity index (χ0v) is 6.27. The van der Waals surface area contributed by atoms with Crippen LogP contribution < -0.4 is 0 Å². The van der Waals surface area contributed by atoms with E-state index in [1.807, 2.05) is 0 Å². The van der Waals surface area contributed by atoms with Gasteiger partial charge in [0.2, 0.25) is 0 Å². The van der Waals surface area contributed by atoms with Gasteiger partial charge in [0.05, 0.1) is 0 Å². The second kappa shape index (κ2) is 2.00. The van der Waals surface area contributed by atoms with Crippen LogP contribution in [0.15, 0.2) is 0 Å². The Bertz CT molecular complexity index is 107. The van der Waals surface area contributed by atoms with Crippen molar-refractivity contribution < 1.29 is 0 Å². The maximum atomic E-state index is 2.44. The molecule has 0 aromatic carbocycles. The maximum Gasteiger partial charge on any atom is -0.0360 e. The van der Waals surface area contributed by atoms with Crippen LogP contribution in [0.3, 0.4) is 0 Å². The van der Waals surface area contributed by atoms with E-state index >= 15 is 0 Å². The lowest BCUT2D eigenvalue weighted by Crippen LogP contribution is -2.04. The van der Waals surface area contributed by atoms with Crippen LogP contribution in [0, 0.1) is 17.8 Å². The summed E-state index contributed by atoms with van der Waals surface area (Å²) in [5.74, 6) is 3.36. The highest BCUT2D eigenvalue weighted by Crippen LogP contribution is 2.46. The Morgan fingerprint density at radius 3 is 2.67 bits per heavy atom. The summed E-state index contributed by atoms with van der Waals surface area (Å²) >= 11 is 0. The maximum absolute atomic E-state index is 2.44. The third kappa shape index (κ3) is 0.798. The molecule has 0 amide bonds. The standard InChI is InChI=1S/C9H16/c1-7-5-6-8-3-2-4-9(7)8/h7-9H,2-6H2,1H3/t7-,8-,9+/m0/s1. The fourth-order valence-corrected chi connectivity index (χ4v) is 2.86. The highest BCUT2D eigenvalue weighted by atomic mass is 14.4. The van der Waals surface area contributed by atoms with Crippen LogP contribution in [-0.4, -0.2) is 0 Å². The van der Waals surface area contributed by atoms with Gasteiger partial charge >= 0.3 is 0 Å². The lowest BCUT2D eigenvalue weighted by Gasteiger charge is -2.11. The van der Waals surface area contributed by atoms with Gasteiger partial charge in [-0.1, -0.05) is 26.2 Å². The van der Waals surface area contributed by atoms with Crippen molar-refractivity contribution in [3.8, 4) is 0 Å². The molecule has 2 aliphatic rings. The highest BCUT2D eigenvalue weighted by molar-refractivity contribution is 4.86. The molecule has 0 saturated heterocycles. The lowest BCUT2D eigenvalue weighted by molar-refractivity contribution is 0.376. The first kappa shape index (κ1) is 5.76. The van der Waals surface area contributed by atoms with Crippen LogP contribution in [0.1, 0.15) is 39.0 Å². The van der Waals surface area contributed by atoms with Gasteiger partial charge in [-0.2, -0.15) is 0 Å². The molecule has 52 valence electrons. The SMILES string of the molecule is C[C@H]1CC[C@@H]2CCC[C@@H]21. The molecule has 0 aromatic heterocycles. The van der Waals surface area contributed by atoms with E-state index in [9.17, 15) is 0 Å². The van der Waals surface area contributed by atoms with Gasteiger partial charge in [-0.25, -0.2) is 0 Å². The summed E-state index contributed by atoms with van der Waals surface area (Å²) < 4.78 is 0. The topological polar surface area (TPSA) is 0 Å². The largest absolute Gasteiger partial charge is 0.0622 e. The number of hydrogen-bond acceptors (Lipinski definition) is 0. The summed E-state index contributed by atoms with van der Waals surface area (Å²) in [6.07, 6.45) is 7.70. The van der Waals surface area contributed by atoms with E-state index in [0.717, 1.165) is 17.8 Å². The lowest BCUT2D eigenvalue weighted by atomic mass is 9.94. The van der Waals surface area contributed by atoms with Gasteiger partial charge in [0.15, 0.2) is 0 Å². The van der Waals surface area contributed by atoms with Crippen molar-refractivity contribution in [2.75, 3.05) is 0 Å². The van der Waals surface area contributed by atoms with Crippen molar-refractivity contribution in [2.45, 2.75) is 39.0 Å². The second-order valence-electron chi connectivity index (χ2n) is 3.91. The van der Waals surface area contributed by atoms with Crippen molar-refractivity contribution in [3.05, 3.63) is 0 Å². The van der Waals surface area contributed by atoms with E-state index in [1.54, 1.807) is 19.3 Å². The van der Waals surface area contributed by atoms with Gasteiger partial charge in [-0.05, 0) is 30.6 Å².